The minimum absolute atomic E-state index is 0.628. The lowest BCUT2D eigenvalue weighted by Crippen LogP contribution is -2.15. The van der Waals surface area contributed by atoms with Gasteiger partial charge in [0.25, 0.3) is 0 Å². The Balaban J connectivity index is 1.94. The highest BCUT2D eigenvalue weighted by molar-refractivity contribution is 8.00. The molecule has 0 aliphatic heterocycles. The molecule has 1 aliphatic carbocycles. The second-order valence-corrected chi connectivity index (χ2v) is 6.64. The van der Waals surface area contributed by atoms with E-state index in [0.29, 0.717) is 5.25 Å². The minimum atomic E-state index is 0.628. The highest BCUT2D eigenvalue weighted by atomic mass is 35.5. The molecule has 17 heavy (non-hydrogen) atoms. The van der Waals surface area contributed by atoms with E-state index in [4.69, 9.17) is 11.6 Å². The molecule has 1 atom stereocenters. The average molecular weight is 270 g/mol. The molecule has 3 heteroatoms. The molecule has 1 aromatic carbocycles. The van der Waals surface area contributed by atoms with Gasteiger partial charge in [-0.3, -0.25) is 0 Å². The second-order valence-electron chi connectivity index (χ2n) is 4.76. The van der Waals surface area contributed by atoms with Crippen LogP contribution < -0.4 is 5.32 Å². The van der Waals surface area contributed by atoms with Gasteiger partial charge in [-0.05, 0) is 37.0 Å². The molecule has 0 saturated heterocycles. The molecule has 2 rings (SSSR count). The van der Waals surface area contributed by atoms with Gasteiger partial charge in [0.2, 0.25) is 0 Å². The standard InChI is InChI=1S/C14H20ClNS/c1-3-10(2)17-14-7-4-11(8-13(14)15)9-16-12-5-6-12/h4,7-8,10,12,16H,3,5-6,9H2,1-2H3. The fraction of sp³-hybridized carbons (Fsp3) is 0.571. The molecule has 1 fully saturated rings. The summed E-state index contributed by atoms with van der Waals surface area (Å²) in [5.74, 6) is 0. The molecule has 1 aliphatic rings. The van der Waals surface area contributed by atoms with Crippen LogP contribution in [-0.4, -0.2) is 11.3 Å². The van der Waals surface area contributed by atoms with Crippen LogP contribution >= 0.6 is 23.4 Å². The van der Waals surface area contributed by atoms with Crippen molar-refractivity contribution < 1.29 is 0 Å². The molecule has 0 bridgehead atoms. The molecular weight excluding hydrogens is 250 g/mol. The summed E-state index contributed by atoms with van der Waals surface area (Å²) in [7, 11) is 0. The zero-order valence-corrected chi connectivity index (χ0v) is 12.1. The maximum Gasteiger partial charge on any atom is 0.0545 e. The quantitative estimate of drug-likeness (QED) is 0.764. The van der Waals surface area contributed by atoms with E-state index in [1.807, 2.05) is 11.8 Å². The van der Waals surface area contributed by atoms with Gasteiger partial charge in [-0.2, -0.15) is 0 Å². The highest BCUT2D eigenvalue weighted by Gasteiger charge is 2.20. The Morgan fingerprint density at radius 2 is 2.24 bits per heavy atom. The van der Waals surface area contributed by atoms with Crippen molar-refractivity contribution in [2.75, 3.05) is 0 Å². The van der Waals surface area contributed by atoms with E-state index in [-0.39, 0.29) is 0 Å². The van der Waals surface area contributed by atoms with E-state index in [9.17, 15) is 0 Å². The van der Waals surface area contributed by atoms with Gasteiger partial charge in [0.05, 0.1) is 5.02 Å². The monoisotopic (exact) mass is 269 g/mol. The van der Waals surface area contributed by atoms with E-state index in [2.05, 4.69) is 37.4 Å². The molecule has 1 N–H and O–H groups in total. The minimum Gasteiger partial charge on any atom is -0.310 e. The maximum atomic E-state index is 6.31. The Kier molecular flexibility index (Phi) is 4.78. The number of hydrogen-bond donors (Lipinski definition) is 1. The molecule has 1 aromatic rings. The van der Waals surface area contributed by atoms with E-state index in [1.54, 1.807) is 0 Å². The fourth-order valence-electron chi connectivity index (χ4n) is 1.60. The normalized spacial score (nSPS) is 17.1. The van der Waals surface area contributed by atoms with Crippen LogP contribution in [0.25, 0.3) is 0 Å². The van der Waals surface area contributed by atoms with Crippen molar-refractivity contribution in [2.45, 2.75) is 55.8 Å². The zero-order chi connectivity index (χ0) is 12.3. The number of thioether (sulfide) groups is 1. The largest absolute Gasteiger partial charge is 0.310 e. The molecule has 1 nitrogen and oxygen atoms in total. The summed E-state index contributed by atoms with van der Waals surface area (Å²) in [4.78, 5) is 1.20. The Labute approximate surface area is 113 Å². The van der Waals surface area contributed by atoms with Gasteiger partial charge in [0, 0.05) is 22.7 Å². The first-order valence-electron chi connectivity index (χ1n) is 6.37. The number of benzene rings is 1. The highest BCUT2D eigenvalue weighted by Crippen LogP contribution is 2.32. The van der Waals surface area contributed by atoms with Crippen molar-refractivity contribution >= 4 is 23.4 Å². The van der Waals surface area contributed by atoms with Crippen LogP contribution in [0.1, 0.15) is 38.7 Å². The second kappa shape index (κ2) is 6.12. The Bertz CT molecular complexity index is 376. The predicted molar refractivity (Wildman–Crippen MR) is 76.9 cm³/mol. The van der Waals surface area contributed by atoms with E-state index < -0.39 is 0 Å². The zero-order valence-electron chi connectivity index (χ0n) is 10.5. The van der Waals surface area contributed by atoms with Gasteiger partial charge < -0.3 is 5.32 Å². The molecule has 0 amide bonds. The SMILES string of the molecule is CCC(C)Sc1ccc(CNC2CC2)cc1Cl. The van der Waals surface area contributed by atoms with Crippen LogP contribution in [-0.2, 0) is 6.54 Å². The summed E-state index contributed by atoms with van der Waals surface area (Å²) in [6.07, 6.45) is 3.83. The number of hydrogen-bond acceptors (Lipinski definition) is 2. The number of rotatable bonds is 6. The van der Waals surface area contributed by atoms with Crippen molar-refractivity contribution in [3.63, 3.8) is 0 Å². The Morgan fingerprint density at radius 3 is 2.82 bits per heavy atom. The third-order valence-corrected chi connectivity index (χ3v) is 4.84. The van der Waals surface area contributed by atoms with Gasteiger partial charge in [-0.1, -0.05) is 31.5 Å². The lowest BCUT2D eigenvalue weighted by molar-refractivity contribution is 0.687. The molecule has 94 valence electrons. The van der Waals surface area contributed by atoms with Crippen LogP contribution in [0.5, 0.6) is 0 Å². The van der Waals surface area contributed by atoms with E-state index >= 15 is 0 Å². The third kappa shape index (κ3) is 4.20. The van der Waals surface area contributed by atoms with Crippen LogP contribution in [0.15, 0.2) is 23.1 Å². The lowest BCUT2D eigenvalue weighted by atomic mass is 10.2. The fourth-order valence-corrected chi connectivity index (χ4v) is 2.85. The van der Waals surface area contributed by atoms with E-state index in [1.165, 1.54) is 29.7 Å². The van der Waals surface area contributed by atoms with Crippen LogP contribution in [0.3, 0.4) is 0 Å². The summed E-state index contributed by atoms with van der Waals surface area (Å²) in [5.41, 5.74) is 1.29. The molecule has 1 saturated carbocycles. The first kappa shape index (κ1) is 13.3. The summed E-state index contributed by atoms with van der Waals surface area (Å²) >= 11 is 8.18. The van der Waals surface area contributed by atoms with Gasteiger partial charge >= 0.3 is 0 Å². The summed E-state index contributed by atoms with van der Waals surface area (Å²) in [6.45, 7) is 5.39. The Morgan fingerprint density at radius 1 is 1.47 bits per heavy atom. The average Bonchev–Trinajstić information content (AvgIpc) is 3.13. The lowest BCUT2D eigenvalue weighted by Gasteiger charge is -2.11. The van der Waals surface area contributed by atoms with Crippen molar-refractivity contribution in [2.24, 2.45) is 0 Å². The van der Waals surface area contributed by atoms with Crippen LogP contribution in [0, 0.1) is 0 Å². The number of halogens is 1. The molecule has 0 aromatic heterocycles. The molecule has 0 heterocycles. The summed E-state index contributed by atoms with van der Waals surface area (Å²) in [6, 6.07) is 7.19. The van der Waals surface area contributed by atoms with Crippen LogP contribution in [0.4, 0.5) is 0 Å². The van der Waals surface area contributed by atoms with E-state index in [0.717, 1.165) is 17.6 Å². The van der Waals surface area contributed by atoms with Crippen LogP contribution in [0.2, 0.25) is 5.02 Å². The molecule has 0 radical (unpaired) electrons. The smallest absolute Gasteiger partial charge is 0.0545 e. The Hall–Kier alpha value is -0.180. The van der Waals surface area contributed by atoms with Gasteiger partial charge in [0.15, 0.2) is 0 Å². The molecule has 0 spiro atoms. The van der Waals surface area contributed by atoms with Crippen molar-refractivity contribution in [1.82, 2.24) is 5.32 Å². The first-order chi connectivity index (χ1) is 8.19. The van der Waals surface area contributed by atoms with Gasteiger partial charge in [0.1, 0.15) is 0 Å². The predicted octanol–water partition coefficient (Wildman–Crippen LogP) is 4.48. The van der Waals surface area contributed by atoms with Crippen molar-refractivity contribution in [3.05, 3.63) is 28.8 Å². The molecular formula is C14H20ClNS. The topological polar surface area (TPSA) is 12.0 Å². The first-order valence-corrected chi connectivity index (χ1v) is 7.63. The number of nitrogens with one attached hydrogen (secondary N) is 1. The maximum absolute atomic E-state index is 6.31. The third-order valence-electron chi connectivity index (χ3n) is 3.07. The summed E-state index contributed by atoms with van der Waals surface area (Å²) < 4.78 is 0. The van der Waals surface area contributed by atoms with Crippen molar-refractivity contribution in [3.8, 4) is 0 Å². The summed E-state index contributed by atoms with van der Waals surface area (Å²) in [5, 5.41) is 5.03. The molecule has 1 unspecified atom stereocenters. The van der Waals surface area contributed by atoms with Gasteiger partial charge in [-0.25, -0.2) is 0 Å². The van der Waals surface area contributed by atoms with Gasteiger partial charge in [-0.15, -0.1) is 11.8 Å². The van der Waals surface area contributed by atoms with Crippen molar-refractivity contribution in [1.29, 1.82) is 0 Å².